The van der Waals surface area contributed by atoms with Crippen LogP contribution in [0.4, 0.5) is 4.39 Å². The van der Waals surface area contributed by atoms with Crippen LogP contribution in [0.2, 0.25) is 0 Å². The monoisotopic (exact) mass is 362 g/mol. The zero-order valence-electron chi connectivity index (χ0n) is 13.8. The van der Waals surface area contributed by atoms with Crippen molar-refractivity contribution in [3.8, 4) is 0 Å². The van der Waals surface area contributed by atoms with Gasteiger partial charge in [0, 0.05) is 18.3 Å². The number of carbonyl (C=O) groups excluding carboxylic acids is 1. The Kier molecular flexibility index (Phi) is 4.60. The normalized spacial score (nSPS) is 21.8. The number of amides is 1. The lowest BCUT2D eigenvalue weighted by Crippen LogP contribution is -2.46. The van der Waals surface area contributed by atoms with Crippen molar-refractivity contribution in [3.63, 3.8) is 0 Å². The first-order chi connectivity index (χ1) is 11.7. The quantitative estimate of drug-likeness (QED) is 0.904. The summed E-state index contributed by atoms with van der Waals surface area (Å²) in [5, 5.41) is 2.80. The molecule has 1 atom stereocenters. The summed E-state index contributed by atoms with van der Waals surface area (Å²) in [6.45, 7) is 1.74. The Labute approximate surface area is 146 Å². The van der Waals surface area contributed by atoms with Gasteiger partial charge in [-0.15, -0.1) is 0 Å². The van der Waals surface area contributed by atoms with E-state index in [-0.39, 0.29) is 23.2 Å². The van der Waals surface area contributed by atoms with Crippen molar-refractivity contribution in [2.45, 2.75) is 25.3 Å². The van der Waals surface area contributed by atoms with Crippen molar-refractivity contribution >= 4 is 15.7 Å². The molecule has 3 rings (SSSR count). The zero-order chi connectivity index (χ0) is 18.1. The van der Waals surface area contributed by atoms with E-state index in [0.717, 1.165) is 11.3 Å². The molecule has 1 fully saturated rings. The molecule has 132 valence electrons. The highest BCUT2D eigenvalue weighted by Crippen LogP contribution is 2.23. The third-order valence-corrected chi connectivity index (χ3v) is 6.18. The summed E-state index contributed by atoms with van der Waals surface area (Å²) >= 11 is 0. The lowest BCUT2D eigenvalue weighted by Gasteiger charge is -2.23. The molecule has 1 aliphatic rings. The summed E-state index contributed by atoms with van der Waals surface area (Å²) in [4.78, 5) is 16.6. The first kappa shape index (κ1) is 17.5. The number of aromatic nitrogens is 1. The molecule has 7 heteroatoms. The van der Waals surface area contributed by atoms with E-state index in [2.05, 4.69) is 10.3 Å². The lowest BCUT2D eigenvalue weighted by atomic mass is 10.0. The van der Waals surface area contributed by atoms with Crippen LogP contribution in [-0.2, 0) is 16.3 Å². The molecule has 0 radical (unpaired) electrons. The van der Waals surface area contributed by atoms with Crippen molar-refractivity contribution in [1.29, 1.82) is 0 Å². The van der Waals surface area contributed by atoms with E-state index in [0.29, 0.717) is 18.4 Å². The molecular formula is C18H19FN2O3S. The Balaban J connectivity index is 1.67. The summed E-state index contributed by atoms with van der Waals surface area (Å²) in [7, 11) is -3.09. The average molecular weight is 362 g/mol. The van der Waals surface area contributed by atoms with Gasteiger partial charge in [-0.3, -0.25) is 9.78 Å². The van der Waals surface area contributed by atoms with Crippen LogP contribution in [0.3, 0.4) is 0 Å². The highest BCUT2D eigenvalue weighted by Gasteiger charge is 2.39. The van der Waals surface area contributed by atoms with Crippen LogP contribution in [0.25, 0.3) is 0 Å². The van der Waals surface area contributed by atoms with E-state index in [1.807, 2.05) is 6.07 Å². The van der Waals surface area contributed by atoms with Gasteiger partial charge in [-0.1, -0.05) is 12.1 Å². The van der Waals surface area contributed by atoms with Crippen LogP contribution >= 0.6 is 0 Å². The van der Waals surface area contributed by atoms with Crippen LogP contribution in [-0.4, -0.2) is 36.4 Å². The van der Waals surface area contributed by atoms with Crippen molar-refractivity contribution in [1.82, 2.24) is 10.3 Å². The van der Waals surface area contributed by atoms with Crippen molar-refractivity contribution < 1.29 is 17.6 Å². The van der Waals surface area contributed by atoms with Gasteiger partial charge in [0.1, 0.15) is 5.82 Å². The van der Waals surface area contributed by atoms with Gasteiger partial charge in [0.15, 0.2) is 9.84 Å². The fourth-order valence-corrected chi connectivity index (χ4v) is 5.07. The van der Waals surface area contributed by atoms with E-state index in [9.17, 15) is 17.6 Å². The molecule has 0 saturated carbocycles. The van der Waals surface area contributed by atoms with Crippen LogP contribution in [0.15, 0.2) is 42.6 Å². The van der Waals surface area contributed by atoms with Crippen LogP contribution in [0.5, 0.6) is 0 Å². The van der Waals surface area contributed by atoms with Gasteiger partial charge in [-0.05, 0) is 43.2 Å². The number of carbonyl (C=O) groups is 1. The molecule has 1 aromatic carbocycles. The van der Waals surface area contributed by atoms with Gasteiger partial charge in [0.05, 0.1) is 22.6 Å². The van der Waals surface area contributed by atoms with Gasteiger partial charge in [0.25, 0.3) is 5.91 Å². The minimum Gasteiger partial charge on any atom is -0.346 e. The molecule has 1 aromatic heterocycles. The first-order valence-electron chi connectivity index (χ1n) is 7.97. The molecule has 1 aliphatic heterocycles. The molecule has 0 bridgehead atoms. The number of rotatable bonds is 4. The summed E-state index contributed by atoms with van der Waals surface area (Å²) in [6.07, 6.45) is 2.33. The maximum Gasteiger partial charge on any atom is 0.253 e. The topological polar surface area (TPSA) is 76.1 Å². The molecule has 2 heterocycles. The zero-order valence-corrected chi connectivity index (χ0v) is 14.6. The van der Waals surface area contributed by atoms with E-state index in [1.54, 1.807) is 25.1 Å². The van der Waals surface area contributed by atoms with E-state index >= 15 is 0 Å². The number of hydrogen-bond acceptors (Lipinski definition) is 4. The predicted molar refractivity (Wildman–Crippen MR) is 92.6 cm³/mol. The molecule has 0 aliphatic carbocycles. The molecule has 2 aromatic rings. The second kappa shape index (κ2) is 6.55. The van der Waals surface area contributed by atoms with Gasteiger partial charge in [0.2, 0.25) is 0 Å². The highest BCUT2D eigenvalue weighted by atomic mass is 32.2. The molecule has 5 nitrogen and oxygen atoms in total. The first-order valence-corrected chi connectivity index (χ1v) is 9.79. The highest BCUT2D eigenvalue weighted by molar-refractivity contribution is 7.91. The third-order valence-electron chi connectivity index (χ3n) is 4.28. The predicted octanol–water partition coefficient (Wildman–Crippen LogP) is 2.12. The fourth-order valence-electron chi connectivity index (χ4n) is 2.97. The average Bonchev–Trinajstić information content (AvgIpc) is 2.81. The lowest BCUT2D eigenvalue weighted by molar-refractivity contribution is 0.0915. The molecule has 1 N–H and O–H groups in total. The third kappa shape index (κ3) is 4.42. The number of halogens is 1. The van der Waals surface area contributed by atoms with Crippen molar-refractivity contribution in [2.24, 2.45) is 0 Å². The van der Waals surface area contributed by atoms with Gasteiger partial charge < -0.3 is 5.32 Å². The molecule has 1 amide bonds. The van der Waals surface area contributed by atoms with E-state index in [4.69, 9.17) is 0 Å². The van der Waals surface area contributed by atoms with E-state index < -0.39 is 15.4 Å². The number of pyridine rings is 1. The SMILES string of the molecule is C[C@]1(NC(=O)c2ccc(Cc3cccc(F)c3)nc2)CCS(=O)(=O)C1. The van der Waals surface area contributed by atoms with Crippen LogP contribution < -0.4 is 5.32 Å². The Morgan fingerprint density at radius 1 is 1.32 bits per heavy atom. The fraction of sp³-hybridized carbons (Fsp3) is 0.333. The van der Waals surface area contributed by atoms with Gasteiger partial charge >= 0.3 is 0 Å². The number of benzene rings is 1. The summed E-state index contributed by atoms with van der Waals surface area (Å²) in [5.74, 6) is -0.594. The van der Waals surface area contributed by atoms with Gasteiger partial charge in [-0.25, -0.2) is 12.8 Å². The van der Waals surface area contributed by atoms with Crippen LogP contribution in [0.1, 0.15) is 35.0 Å². The molecular weight excluding hydrogens is 343 g/mol. The molecule has 25 heavy (non-hydrogen) atoms. The number of sulfone groups is 1. The summed E-state index contributed by atoms with van der Waals surface area (Å²) in [6, 6.07) is 9.64. The second-order valence-electron chi connectivity index (χ2n) is 6.70. The number of nitrogens with zero attached hydrogens (tertiary/aromatic N) is 1. The standard InChI is InChI=1S/C18H19FN2O3S/c1-18(7-8-25(23,24)12-18)21-17(22)14-5-6-16(20-11-14)10-13-3-2-4-15(19)9-13/h2-6,9,11H,7-8,10,12H2,1H3,(H,21,22)/t18-/m0/s1. The minimum atomic E-state index is -3.09. The summed E-state index contributed by atoms with van der Waals surface area (Å²) < 4.78 is 36.4. The molecule has 0 unspecified atom stereocenters. The Morgan fingerprint density at radius 2 is 2.12 bits per heavy atom. The largest absolute Gasteiger partial charge is 0.346 e. The van der Waals surface area contributed by atoms with Crippen LogP contribution in [0, 0.1) is 5.82 Å². The Bertz CT molecular complexity index is 897. The van der Waals surface area contributed by atoms with Crippen molar-refractivity contribution in [2.75, 3.05) is 11.5 Å². The van der Waals surface area contributed by atoms with Crippen molar-refractivity contribution in [3.05, 3.63) is 65.2 Å². The maximum absolute atomic E-state index is 13.2. The smallest absolute Gasteiger partial charge is 0.253 e. The molecule has 1 saturated heterocycles. The second-order valence-corrected chi connectivity index (χ2v) is 8.89. The Morgan fingerprint density at radius 3 is 2.72 bits per heavy atom. The van der Waals surface area contributed by atoms with Gasteiger partial charge in [-0.2, -0.15) is 0 Å². The minimum absolute atomic E-state index is 0.0448. The number of hydrogen-bond donors (Lipinski definition) is 1. The maximum atomic E-state index is 13.2. The molecule has 0 spiro atoms. The number of nitrogens with one attached hydrogen (secondary N) is 1. The van der Waals surface area contributed by atoms with E-state index in [1.165, 1.54) is 18.3 Å². The summed E-state index contributed by atoms with van der Waals surface area (Å²) in [5.41, 5.74) is 1.15. The Hall–Kier alpha value is -2.28.